The molecule has 1 heterocycles. The molecule has 1 saturated heterocycles. The molecule has 0 aliphatic carbocycles. The summed E-state index contributed by atoms with van der Waals surface area (Å²) >= 11 is 1.95. The summed E-state index contributed by atoms with van der Waals surface area (Å²) in [7, 11) is 1.89. The van der Waals surface area contributed by atoms with Gasteiger partial charge in [0.25, 0.3) is 0 Å². The molecule has 0 aromatic heterocycles. The van der Waals surface area contributed by atoms with Crippen LogP contribution in [0.25, 0.3) is 0 Å². The van der Waals surface area contributed by atoms with Crippen LogP contribution in [0.1, 0.15) is 13.8 Å². The highest BCUT2D eigenvalue weighted by Crippen LogP contribution is 2.19. The minimum atomic E-state index is 0. The van der Waals surface area contributed by atoms with Crippen molar-refractivity contribution in [1.29, 1.82) is 0 Å². The van der Waals surface area contributed by atoms with E-state index < -0.39 is 0 Å². The van der Waals surface area contributed by atoms with Crippen LogP contribution in [0.4, 0.5) is 0 Å². The fourth-order valence-electron chi connectivity index (χ4n) is 1.72. The van der Waals surface area contributed by atoms with Crippen LogP contribution < -0.4 is 5.32 Å². The van der Waals surface area contributed by atoms with E-state index in [2.05, 4.69) is 12.2 Å². The Hall–Kier alpha value is 0.0700. The lowest BCUT2D eigenvalue weighted by atomic mass is 10.1. The monoisotopic (exact) mass is 252 g/mol. The van der Waals surface area contributed by atoms with E-state index in [9.17, 15) is 4.79 Å². The Morgan fingerprint density at radius 2 is 2.33 bits per heavy atom. The maximum absolute atomic E-state index is 11.9. The predicted molar refractivity (Wildman–Crippen MR) is 68.8 cm³/mol. The molecule has 2 unspecified atom stereocenters. The van der Waals surface area contributed by atoms with Crippen molar-refractivity contribution < 1.29 is 4.79 Å². The molecule has 1 aliphatic rings. The highest BCUT2D eigenvalue weighted by atomic mass is 35.5. The Balaban J connectivity index is 0.00000196. The average Bonchev–Trinajstić information content (AvgIpc) is 2.17. The molecule has 0 saturated carbocycles. The van der Waals surface area contributed by atoms with Gasteiger partial charge in [-0.15, -0.1) is 12.4 Å². The van der Waals surface area contributed by atoms with Gasteiger partial charge in [0.15, 0.2) is 0 Å². The lowest BCUT2D eigenvalue weighted by Gasteiger charge is -2.32. The van der Waals surface area contributed by atoms with Crippen LogP contribution in [0.3, 0.4) is 0 Å². The smallest absolute Gasteiger partial charge is 0.226 e. The number of halogens is 1. The van der Waals surface area contributed by atoms with E-state index in [1.165, 1.54) is 0 Å². The lowest BCUT2D eigenvalue weighted by Crippen LogP contribution is -2.45. The van der Waals surface area contributed by atoms with E-state index in [1.54, 1.807) is 0 Å². The number of nitrogens with zero attached hydrogens (tertiary/aromatic N) is 1. The second-order valence-electron chi connectivity index (χ2n) is 3.92. The quantitative estimate of drug-likeness (QED) is 0.820. The summed E-state index contributed by atoms with van der Waals surface area (Å²) in [6.07, 6.45) is 0. The number of nitrogens with one attached hydrogen (secondary N) is 1. The van der Waals surface area contributed by atoms with Gasteiger partial charge in [-0.2, -0.15) is 11.8 Å². The van der Waals surface area contributed by atoms with Gasteiger partial charge in [0.2, 0.25) is 5.91 Å². The molecule has 3 nitrogen and oxygen atoms in total. The van der Waals surface area contributed by atoms with Gasteiger partial charge in [-0.1, -0.05) is 13.8 Å². The molecule has 1 rings (SSSR count). The van der Waals surface area contributed by atoms with Crippen molar-refractivity contribution in [3.63, 3.8) is 0 Å². The molecule has 1 N–H and O–H groups in total. The number of carbonyl (C=O) groups is 1. The third-order valence-electron chi connectivity index (χ3n) is 2.48. The third-order valence-corrected chi connectivity index (χ3v) is 3.62. The first-order valence-electron chi connectivity index (χ1n) is 5.20. The minimum absolute atomic E-state index is 0. The summed E-state index contributed by atoms with van der Waals surface area (Å²) in [4.78, 5) is 13.9. The van der Waals surface area contributed by atoms with E-state index in [0.29, 0.717) is 11.2 Å². The molecule has 0 aromatic rings. The Kier molecular flexibility index (Phi) is 7.40. The van der Waals surface area contributed by atoms with Gasteiger partial charge in [0, 0.05) is 36.6 Å². The molecule has 2 atom stereocenters. The number of hydrogen-bond donors (Lipinski definition) is 1. The van der Waals surface area contributed by atoms with Gasteiger partial charge in [0.1, 0.15) is 0 Å². The Morgan fingerprint density at radius 1 is 1.67 bits per heavy atom. The van der Waals surface area contributed by atoms with Crippen LogP contribution in [0.15, 0.2) is 0 Å². The van der Waals surface area contributed by atoms with E-state index in [1.807, 2.05) is 30.6 Å². The van der Waals surface area contributed by atoms with E-state index >= 15 is 0 Å². The van der Waals surface area contributed by atoms with Crippen LogP contribution in [-0.4, -0.2) is 48.5 Å². The SMILES string of the molecule is CNCC(C)C(=O)N1CCSC(C)C1.Cl. The Bertz CT molecular complexity index is 204. The number of rotatable bonds is 3. The zero-order chi connectivity index (χ0) is 10.6. The van der Waals surface area contributed by atoms with Crippen molar-refractivity contribution in [2.24, 2.45) is 5.92 Å². The summed E-state index contributed by atoms with van der Waals surface area (Å²) < 4.78 is 0. The molecule has 0 bridgehead atoms. The fourth-order valence-corrected chi connectivity index (χ4v) is 2.74. The molecule has 1 amide bonds. The number of amides is 1. The molecule has 1 aliphatic heterocycles. The summed E-state index contributed by atoms with van der Waals surface area (Å²) in [6.45, 7) is 6.79. The molecule has 1 fully saturated rings. The normalized spacial score (nSPS) is 23.1. The van der Waals surface area contributed by atoms with Crippen molar-refractivity contribution in [3.8, 4) is 0 Å². The van der Waals surface area contributed by atoms with Crippen LogP contribution in [-0.2, 0) is 4.79 Å². The maximum Gasteiger partial charge on any atom is 0.226 e. The van der Waals surface area contributed by atoms with Crippen LogP contribution in [0.2, 0.25) is 0 Å². The zero-order valence-electron chi connectivity index (χ0n) is 9.66. The highest BCUT2D eigenvalue weighted by molar-refractivity contribution is 7.99. The second kappa shape index (κ2) is 7.36. The first-order valence-corrected chi connectivity index (χ1v) is 6.25. The highest BCUT2D eigenvalue weighted by Gasteiger charge is 2.24. The summed E-state index contributed by atoms with van der Waals surface area (Å²) in [5.41, 5.74) is 0. The molecule has 0 radical (unpaired) electrons. The first kappa shape index (κ1) is 15.1. The third kappa shape index (κ3) is 4.62. The van der Waals surface area contributed by atoms with Crippen molar-refractivity contribution in [2.75, 3.05) is 32.4 Å². The van der Waals surface area contributed by atoms with Gasteiger partial charge in [-0.05, 0) is 7.05 Å². The largest absolute Gasteiger partial charge is 0.341 e. The molecule has 90 valence electrons. The molecule has 0 spiro atoms. The van der Waals surface area contributed by atoms with Gasteiger partial charge >= 0.3 is 0 Å². The van der Waals surface area contributed by atoms with Crippen molar-refractivity contribution in [3.05, 3.63) is 0 Å². The number of thioether (sulfide) groups is 1. The average molecular weight is 253 g/mol. The molecule has 15 heavy (non-hydrogen) atoms. The number of hydrogen-bond acceptors (Lipinski definition) is 3. The Labute approximate surface area is 103 Å². The summed E-state index contributed by atoms with van der Waals surface area (Å²) in [5, 5.41) is 3.64. The van der Waals surface area contributed by atoms with E-state index in [4.69, 9.17) is 0 Å². The van der Waals surface area contributed by atoms with E-state index in [-0.39, 0.29) is 18.3 Å². The molecule has 0 aromatic carbocycles. The van der Waals surface area contributed by atoms with Gasteiger partial charge in [0.05, 0.1) is 0 Å². The van der Waals surface area contributed by atoms with Gasteiger partial charge < -0.3 is 10.2 Å². The number of carbonyl (C=O) groups excluding carboxylic acids is 1. The Morgan fingerprint density at radius 3 is 2.87 bits per heavy atom. The fraction of sp³-hybridized carbons (Fsp3) is 0.900. The lowest BCUT2D eigenvalue weighted by molar-refractivity contribution is -0.134. The maximum atomic E-state index is 11.9. The molecule has 5 heteroatoms. The van der Waals surface area contributed by atoms with Crippen molar-refractivity contribution >= 4 is 30.1 Å². The second-order valence-corrected chi connectivity index (χ2v) is 5.47. The van der Waals surface area contributed by atoms with Crippen molar-refractivity contribution in [2.45, 2.75) is 19.1 Å². The van der Waals surface area contributed by atoms with Gasteiger partial charge in [-0.25, -0.2) is 0 Å². The topological polar surface area (TPSA) is 32.3 Å². The minimum Gasteiger partial charge on any atom is -0.341 e. The van der Waals surface area contributed by atoms with Crippen LogP contribution >= 0.6 is 24.2 Å². The van der Waals surface area contributed by atoms with Gasteiger partial charge in [-0.3, -0.25) is 4.79 Å². The summed E-state index contributed by atoms with van der Waals surface area (Å²) in [5.74, 6) is 1.49. The van der Waals surface area contributed by atoms with Crippen LogP contribution in [0, 0.1) is 5.92 Å². The first-order chi connectivity index (χ1) is 6.65. The van der Waals surface area contributed by atoms with Crippen molar-refractivity contribution in [1.82, 2.24) is 10.2 Å². The summed E-state index contributed by atoms with van der Waals surface area (Å²) in [6, 6.07) is 0. The molecular formula is C10H21ClN2OS. The zero-order valence-corrected chi connectivity index (χ0v) is 11.3. The standard InChI is InChI=1S/C10H20N2OS.ClH/c1-8(6-11-3)10(13)12-4-5-14-9(2)7-12;/h8-9,11H,4-7H2,1-3H3;1H. The molecular weight excluding hydrogens is 232 g/mol. The predicted octanol–water partition coefficient (Wildman–Crippen LogP) is 1.23. The van der Waals surface area contributed by atoms with E-state index in [0.717, 1.165) is 25.4 Å². The van der Waals surface area contributed by atoms with Crippen LogP contribution in [0.5, 0.6) is 0 Å².